The van der Waals surface area contributed by atoms with Crippen molar-refractivity contribution in [2.45, 2.75) is 41.5 Å². The van der Waals surface area contributed by atoms with Gasteiger partial charge in [0.2, 0.25) is 26.0 Å². The minimum absolute atomic E-state index is 0.0141. The van der Waals surface area contributed by atoms with E-state index in [0.29, 0.717) is 18.5 Å². The maximum atomic E-state index is 13.9. The molecule has 12 heteroatoms. The van der Waals surface area contributed by atoms with Crippen LogP contribution in [0.5, 0.6) is 0 Å². The second-order valence-electron chi connectivity index (χ2n) is 8.14. The molecule has 9 nitrogen and oxygen atoms in total. The lowest BCUT2D eigenvalue weighted by molar-refractivity contribution is -0.125. The first-order valence-corrected chi connectivity index (χ1v) is 13.5. The van der Waals surface area contributed by atoms with Gasteiger partial charge in [0.1, 0.15) is 10.7 Å². The van der Waals surface area contributed by atoms with Gasteiger partial charge >= 0.3 is 0 Å². The molecule has 4 rings (SSSR count). The molecule has 0 bridgehead atoms. The predicted molar refractivity (Wildman–Crippen MR) is 119 cm³/mol. The molecule has 178 valence electrons. The zero-order chi connectivity index (χ0) is 23.6. The highest BCUT2D eigenvalue weighted by atomic mass is 32.2. The van der Waals surface area contributed by atoms with Gasteiger partial charge in [0.25, 0.3) is 0 Å². The van der Waals surface area contributed by atoms with Crippen molar-refractivity contribution >= 4 is 31.6 Å². The Morgan fingerprint density at radius 1 is 0.909 bits per heavy atom. The number of benzene rings is 2. The number of rotatable bonds is 8. The Bertz CT molecular complexity index is 1220. The van der Waals surface area contributed by atoms with E-state index in [1.165, 1.54) is 34.6 Å². The summed E-state index contributed by atoms with van der Waals surface area (Å²) in [5.41, 5.74) is 5.84. The van der Waals surface area contributed by atoms with E-state index in [1.54, 1.807) is 12.1 Å². The van der Waals surface area contributed by atoms with Crippen LogP contribution in [0, 0.1) is 11.7 Å². The monoisotopic (exact) mass is 496 g/mol. The summed E-state index contributed by atoms with van der Waals surface area (Å²) in [4.78, 5) is 12.3. The van der Waals surface area contributed by atoms with Crippen molar-refractivity contribution in [2.24, 2.45) is 5.92 Å². The second kappa shape index (κ2) is 9.37. The number of carbonyl (C=O) groups excluding carboxylic acids is 1. The van der Waals surface area contributed by atoms with Gasteiger partial charge in [0.05, 0.1) is 10.6 Å². The zero-order valence-electron chi connectivity index (χ0n) is 17.7. The summed E-state index contributed by atoms with van der Waals surface area (Å²) in [6.07, 6.45) is 2.29. The Balaban J connectivity index is 1.28. The van der Waals surface area contributed by atoms with Crippen LogP contribution in [0.1, 0.15) is 25.7 Å². The number of anilines is 1. The van der Waals surface area contributed by atoms with E-state index >= 15 is 0 Å². The van der Waals surface area contributed by atoms with Crippen molar-refractivity contribution in [2.75, 3.05) is 18.5 Å². The molecular formula is C21H25FN4O5S2. The van der Waals surface area contributed by atoms with Gasteiger partial charge in [-0.15, -0.1) is 0 Å². The highest BCUT2D eigenvalue weighted by molar-refractivity contribution is 7.89. The van der Waals surface area contributed by atoms with Gasteiger partial charge in [-0.05, 0) is 62.1 Å². The van der Waals surface area contributed by atoms with Crippen LogP contribution < -0.4 is 15.6 Å². The van der Waals surface area contributed by atoms with E-state index in [1.807, 2.05) is 0 Å². The average molecular weight is 497 g/mol. The quantitative estimate of drug-likeness (QED) is 0.479. The summed E-state index contributed by atoms with van der Waals surface area (Å²) in [6, 6.07) is 11.2. The lowest BCUT2D eigenvalue weighted by Gasteiger charge is -2.30. The molecule has 2 fully saturated rings. The lowest BCUT2D eigenvalue weighted by atomic mass is 9.98. The van der Waals surface area contributed by atoms with Gasteiger partial charge in [-0.1, -0.05) is 12.1 Å². The summed E-state index contributed by atoms with van der Waals surface area (Å²) < 4.78 is 67.5. The molecular weight excluding hydrogens is 471 g/mol. The van der Waals surface area contributed by atoms with Crippen LogP contribution in [0.15, 0.2) is 58.3 Å². The minimum atomic E-state index is -3.96. The van der Waals surface area contributed by atoms with Crippen LogP contribution in [-0.4, -0.2) is 46.2 Å². The summed E-state index contributed by atoms with van der Waals surface area (Å²) in [6.45, 7) is 0.213. The van der Waals surface area contributed by atoms with Crippen LogP contribution in [0.3, 0.4) is 0 Å². The first-order chi connectivity index (χ1) is 15.7. The Morgan fingerprint density at radius 2 is 1.55 bits per heavy atom. The fourth-order valence-corrected chi connectivity index (χ4v) is 6.43. The van der Waals surface area contributed by atoms with Crippen LogP contribution >= 0.6 is 0 Å². The fourth-order valence-electron chi connectivity index (χ4n) is 3.59. The molecule has 1 heterocycles. The van der Waals surface area contributed by atoms with E-state index in [-0.39, 0.29) is 34.8 Å². The predicted octanol–water partition coefficient (Wildman–Crippen LogP) is 1.81. The summed E-state index contributed by atoms with van der Waals surface area (Å²) in [7, 11) is -7.51. The van der Waals surface area contributed by atoms with Gasteiger partial charge in [-0.2, -0.15) is 4.31 Å². The maximum Gasteiger partial charge on any atom is 0.245 e. The molecule has 2 aliphatic rings. The largest absolute Gasteiger partial charge is 0.299 e. The van der Waals surface area contributed by atoms with Crippen LogP contribution in [0.25, 0.3) is 0 Å². The molecule has 0 atom stereocenters. The standard InChI is InChI=1S/C21H25FN4O5S2/c22-19-3-1-2-4-20(19)33(30,31)26-13-11-15(12-14-26)21(27)24-23-16-7-9-18(10-8-16)32(28,29)25-17-5-6-17/h1-4,7-10,15,17,23,25H,5-6,11-14H2,(H,24,27). The molecule has 33 heavy (non-hydrogen) atoms. The van der Waals surface area contributed by atoms with Gasteiger partial charge in [-0.3, -0.25) is 15.6 Å². The Labute approximate surface area is 192 Å². The number of hydrogen-bond acceptors (Lipinski definition) is 6. The summed E-state index contributed by atoms with van der Waals surface area (Å²) in [5, 5.41) is 0. The number of amides is 1. The second-order valence-corrected chi connectivity index (χ2v) is 11.8. The van der Waals surface area contributed by atoms with E-state index in [2.05, 4.69) is 15.6 Å². The Morgan fingerprint density at radius 3 is 2.15 bits per heavy atom. The molecule has 1 aliphatic carbocycles. The number of carbonyl (C=O) groups is 1. The third kappa shape index (κ3) is 5.52. The van der Waals surface area contributed by atoms with Crippen molar-refractivity contribution in [3.8, 4) is 0 Å². The number of nitrogens with zero attached hydrogens (tertiary/aromatic N) is 1. The Kier molecular flexibility index (Phi) is 6.71. The molecule has 0 radical (unpaired) electrons. The van der Waals surface area contributed by atoms with Crippen LogP contribution in [-0.2, 0) is 24.8 Å². The van der Waals surface area contributed by atoms with Crippen LogP contribution in [0.2, 0.25) is 0 Å². The van der Waals surface area contributed by atoms with Gasteiger partial charge in [0.15, 0.2) is 0 Å². The number of halogens is 1. The number of piperidine rings is 1. The number of hydrazine groups is 1. The van der Waals surface area contributed by atoms with E-state index in [0.717, 1.165) is 18.9 Å². The molecule has 1 amide bonds. The number of hydrogen-bond donors (Lipinski definition) is 3. The van der Waals surface area contributed by atoms with Gasteiger partial charge in [0, 0.05) is 25.0 Å². The molecule has 3 N–H and O–H groups in total. The van der Waals surface area contributed by atoms with Crippen molar-refractivity contribution in [3.05, 3.63) is 54.3 Å². The number of sulfonamides is 2. The molecule has 1 saturated heterocycles. The average Bonchev–Trinajstić information content (AvgIpc) is 3.61. The molecule has 0 unspecified atom stereocenters. The smallest absolute Gasteiger partial charge is 0.245 e. The topological polar surface area (TPSA) is 125 Å². The highest BCUT2D eigenvalue weighted by Gasteiger charge is 2.33. The molecule has 0 aromatic heterocycles. The summed E-state index contributed by atoms with van der Waals surface area (Å²) in [5.74, 6) is -1.51. The lowest BCUT2D eigenvalue weighted by Crippen LogP contribution is -2.44. The molecule has 2 aromatic rings. The Hall–Kier alpha value is -2.54. The molecule has 2 aromatic carbocycles. The molecule has 1 aliphatic heterocycles. The minimum Gasteiger partial charge on any atom is -0.299 e. The first-order valence-electron chi connectivity index (χ1n) is 10.6. The fraction of sp³-hybridized carbons (Fsp3) is 0.381. The zero-order valence-corrected chi connectivity index (χ0v) is 19.3. The SMILES string of the molecule is O=C(NNc1ccc(S(=O)(=O)NC2CC2)cc1)C1CCN(S(=O)(=O)c2ccccc2F)CC1. The van der Waals surface area contributed by atoms with Crippen molar-refractivity contribution in [1.82, 2.24) is 14.5 Å². The van der Waals surface area contributed by atoms with Gasteiger partial charge in [-0.25, -0.2) is 25.9 Å². The van der Waals surface area contributed by atoms with E-state index < -0.39 is 31.8 Å². The van der Waals surface area contributed by atoms with Crippen LogP contribution in [0.4, 0.5) is 10.1 Å². The first kappa shape index (κ1) is 23.6. The van der Waals surface area contributed by atoms with E-state index in [9.17, 15) is 26.0 Å². The summed E-state index contributed by atoms with van der Waals surface area (Å²) >= 11 is 0. The van der Waals surface area contributed by atoms with Crippen molar-refractivity contribution in [3.63, 3.8) is 0 Å². The maximum absolute atomic E-state index is 13.9. The normalized spacial score (nSPS) is 18.1. The van der Waals surface area contributed by atoms with E-state index in [4.69, 9.17) is 0 Å². The molecule has 1 saturated carbocycles. The van der Waals surface area contributed by atoms with Crippen molar-refractivity contribution < 1.29 is 26.0 Å². The van der Waals surface area contributed by atoms with Crippen molar-refractivity contribution in [1.29, 1.82) is 0 Å². The molecule has 0 spiro atoms. The van der Waals surface area contributed by atoms with Gasteiger partial charge < -0.3 is 0 Å². The third-order valence-corrected chi connectivity index (χ3v) is 9.14. The third-order valence-electron chi connectivity index (χ3n) is 5.67. The highest BCUT2D eigenvalue weighted by Crippen LogP contribution is 2.26. The number of nitrogens with one attached hydrogen (secondary N) is 3.